The second-order valence-electron chi connectivity index (χ2n) is 5.37. The molecule has 0 amide bonds. The molecule has 0 aliphatic carbocycles. The zero-order valence-electron chi connectivity index (χ0n) is 12.3. The maximum atomic E-state index is 8.93. The number of oxime groups is 1. The Kier molecular flexibility index (Phi) is 6.47. The summed E-state index contributed by atoms with van der Waals surface area (Å²) < 4.78 is 1.16. The van der Waals surface area contributed by atoms with Gasteiger partial charge in [0.25, 0.3) is 0 Å². The van der Waals surface area contributed by atoms with E-state index in [4.69, 9.17) is 10.9 Å². The van der Waals surface area contributed by atoms with Crippen LogP contribution in [0.15, 0.2) is 21.1 Å². The van der Waals surface area contributed by atoms with E-state index in [-0.39, 0.29) is 6.04 Å². The lowest BCUT2D eigenvalue weighted by Gasteiger charge is -2.38. The van der Waals surface area contributed by atoms with Crippen LogP contribution in [0.3, 0.4) is 0 Å². The van der Waals surface area contributed by atoms with Crippen LogP contribution in [0.5, 0.6) is 0 Å². The van der Waals surface area contributed by atoms with Gasteiger partial charge in [0.2, 0.25) is 0 Å². The van der Waals surface area contributed by atoms with Crippen LogP contribution < -0.4 is 5.73 Å². The highest BCUT2D eigenvalue weighted by molar-refractivity contribution is 9.10. The molecule has 0 saturated carbocycles. The van der Waals surface area contributed by atoms with Crippen molar-refractivity contribution in [3.63, 3.8) is 0 Å². The highest BCUT2D eigenvalue weighted by Gasteiger charge is 2.26. The molecule has 0 radical (unpaired) electrons. The van der Waals surface area contributed by atoms with E-state index < -0.39 is 0 Å². The van der Waals surface area contributed by atoms with Crippen molar-refractivity contribution in [2.75, 3.05) is 26.2 Å². The number of hydrogen-bond acceptors (Lipinski definition) is 5. The van der Waals surface area contributed by atoms with Crippen molar-refractivity contribution in [1.29, 1.82) is 0 Å². The number of thiophene rings is 1. The number of amidine groups is 1. The average molecular weight is 375 g/mol. The Morgan fingerprint density at radius 3 is 2.71 bits per heavy atom. The lowest BCUT2D eigenvalue weighted by Crippen LogP contribution is -2.53. The summed E-state index contributed by atoms with van der Waals surface area (Å²) in [6.07, 6.45) is 1.97. The molecule has 1 saturated heterocycles. The number of piperazine rings is 1. The number of nitrogens with zero attached hydrogens (tertiary/aromatic N) is 3. The van der Waals surface area contributed by atoms with Gasteiger partial charge in [0.15, 0.2) is 5.84 Å². The van der Waals surface area contributed by atoms with Gasteiger partial charge in [-0.3, -0.25) is 9.80 Å². The molecule has 1 unspecified atom stereocenters. The van der Waals surface area contributed by atoms with Gasteiger partial charge in [0.05, 0.1) is 6.04 Å². The molecule has 1 atom stereocenters. The van der Waals surface area contributed by atoms with Crippen molar-refractivity contribution in [1.82, 2.24) is 9.80 Å². The molecule has 21 heavy (non-hydrogen) atoms. The molecule has 1 aliphatic heterocycles. The smallest absolute Gasteiger partial charge is 0.156 e. The molecule has 1 aromatic rings. The summed E-state index contributed by atoms with van der Waals surface area (Å²) in [5.41, 5.74) is 5.84. The van der Waals surface area contributed by atoms with Crippen LogP contribution >= 0.6 is 27.3 Å². The van der Waals surface area contributed by atoms with Crippen LogP contribution in [0.1, 0.15) is 24.6 Å². The van der Waals surface area contributed by atoms with Gasteiger partial charge in [-0.05, 0) is 28.4 Å². The topological polar surface area (TPSA) is 65.1 Å². The van der Waals surface area contributed by atoms with Crippen molar-refractivity contribution >= 4 is 33.1 Å². The normalized spacial score (nSPS) is 19.8. The molecule has 118 valence electrons. The molecule has 1 fully saturated rings. The number of hydrogen-bond donors (Lipinski definition) is 2. The van der Waals surface area contributed by atoms with Gasteiger partial charge in [-0.15, -0.1) is 11.3 Å². The fourth-order valence-electron chi connectivity index (χ4n) is 2.75. The standard InChI is InChI=1S/C14H23BrN4OS/c1-2-3-13(14(16)17-20)19-6-4-18(5-7-19)9-12-8-11(15)10-21-12/h8,10,13,20H,2-7,9H2,1H3,(H2,16,17). The second-order valence-corrected chi connectivity index (χ2v) is 7.28. The molecule has 7 heteroatoms. The Morgan fingerprint density at radius 1 is 1.48 bits per heavy atom. The quantitative estimate of drug-likeness (QED) is 0.347. The molecular formula is C14H23BrN4OS. The molecule has 0 bridgehead atoms. The first kappa shape index (κ1) is 16.7. The molecule has 1 aromatic heterocycles. The van der Waals surface area contributed by atoms with E-state index in [0.29, 0.717) is 5.84 Å². The highest BCUT2D eigenvalue weighted by atomic mass is 79.9. The monoisotopic (exact) mass is 374 g/mol. The Hall–Kier alpha value is -0.630. The zero-order valence-corrected chi connectivity index (χ0v) is 14.7. The van der Waals surface area contributed by atoms with Crippen LogP contribution in [-0.2, 0) is 6.54 Å². The van der Waals surface area contributed by atoms with Crippen molar-refractivity contribution in [3.8, 4) is 0 Å². The third kappa shape index (κ3) is 4.67. The lowest BCUT2D eigenvalue weighted by atomic mass is 10.1. The van der Waals surface area contributed by atoms with Crippen LogP contribution in [0.25, 0.3) is 0 Å². The van der Waals surface area contributed by atoms with E-state index in [2.05, 4.69) is 49.3 Å². The zero-order chi connectivity index (χ0) is 15.2. The third-order valence-corrected chi connectivity index (χ3v) is 5.55. The van der Waals surface area contributed by atoms with Gasteiger partial charge in [0, 0.05) is 47.5 Å². The Morgan fingerprint density at radius 2 is 2.19 bits per heavy atom. The first-order chi connectivity index (χ1) is 10.1. The molecular weight excluding hydrogens is 352 g/mol. The largest absolute Gasteiger partial charge is 0.409 e. The van der Waals surface area contributed by atoms with E-state index in [0.717, 1.165) is 50.0 Å². The fraction of sp³-hybridized carbons (Fsp3) is 0.643. The summed E-state index contributed by atoms with van der Waals surface area (Å²) >= 11 is 5.29. The van der Waals surface area contributed by atoms with Crippen molar-refractivity contribution in [2.45, 2.75) is 32.4 Å². The molecule has 3 N–H and O–H groups in total. The van der Waals surface area contributed by atoms with Crippen molar-refractivity contribution < 1.29 is 5.21 Å². The Balaban J connectivity index is 1.86. The minimum absolute atomic E-state index is 0.0676. The van der Waals surface area contributed by atoms with Gasteiger partial charge < -0.3 is 10.9 Å². The minimum atomic E-state index is 0.0676. The second kappa shape index (κ2) is 8.12. The van der Waals surface area contributed by atoms with E-state index in [9.17, 15) is 0 Å². The highest BCUT2D eigenvalue weighted by Crippen LogP contribution is 2.22. The maximum absolute atomic E-state index is 8.93. The van der Waals surface area contributed by atoms with E-state index in [1.165, 1.54) is 4.88 Å². The molecule has 5 nitrogen and oxygen atoms in total. The summed E-state index contributed by atoms with van der Waals surface area (Å²) in [7, 11) is 0. The Bertz CT molecular complexity index is 471. The summed E-state index contributed by atoms with van der Waals surface area (Å²) in [4.78, 5) is 6.18. The van der Waals surface area contributed by atoms with E-state index >= 15 is 0 Å². The maximum Gasteiger partial charge on any atom is 0.156 e. The number of nitrogens with two attached hydrogens (primary N) is 1. The first-order valence-corrected chi connectivity index (χ1v) is 8.98. The average Bonchev–Trinajstić information content (AvgIpc) is 2.90. The van der Waals surface area contributed by atoms with Crippen LogP contribution in [0.4, 0.5) is 0 Å². The van der Waals surface area contributed by atoms with Crippen molar-refractivity contribution in [3.05, 3.63) is 20.8 Å². The SMILES string of the molecule is CCCC(C(N)=NO)N1CCN(Cc2cc(Br)cs2)CC1. The Labute approximate surface area is 138 Å². The number of halogens is 1. The summed E-state index contributed by atoms with van der Waals surface area (Å²) in [6, 6.07) is 2.26. The predicted octanol–water partition coefficient (Wildman–Crippen LogP) is 2.54. The fourth-order valence-corrected chi connectivity index (χ4v) is 4.24. The van der Waals surface area contributed by atoms with E-state index in [1.54, 1.807) is 11.3 Å². The first-order valence-electron chi connectivity index (χ1n) is 7.30. The van der Waals surface area contributed by atoms with Crippen LogP contribution in [0.2, 0.25) is 0 Å². The molecule has 1 aliphatic rings. The van der Waals surface area contributed by atoms with Gasteiger partial charge in [-0.1, -0.05) is 18.5 Å². The van der Waals surface area contributed by atoms with Crippen molar-refractivity contribution in [2.24, 2.45) is 10.9 Å². The minimum Gasteiger partial charge on any atom is -0.409 e. The molecule has 2 rings (SSSR count). The molecule has 0 aromatic carbocycles. The number of rotatable bonds is 6. The van der Waals surface area contributed by atoms with Crippen LogP contribution in [-0.4, -0.2) is 53.1 Å². The van der Waals surface area contributed by atoms with Gasteiger partial charge in [0.1, 0.15) is 0 Å². The van der Waals surface area contributed by atoms with Gasteiger partial charge in [-0.2, -0.15) is 0 Å². The predicted molar refractivity (Wildman–Crippen MR) is 91.0 cm³/mol. The summed E-state index contributed by atoms with van der Waals surface area (Å²) in [5.74, 6) is 0.340. The molecule has 2 heterocycles. The van der Waals surface area contributed by atoms with Crippen LogP contribution in [0, 0.1) is 0 Å². The van der Waals surface area contributed by atoms with Gasteiger partial charge in [-0.25, -0.2) is 0 Å². The van der Waals surface area contributed by atoms with E-state index in [1.807, 2.05) is 0 Å². The van der Waals surface area contributed by atoms with Gasteiger partial charge >= 0.3 is 0 Å². The lowest BCUT2D eigenvalue weighted by molar-refractivity contribution is 0.108. The summed E-state index contributed by atoms with van der Waals surface area (Å²) in [5, 5.41) is 14.3. The third-order valence-electron chi connectivity index (χ3n) is 3.87. The molecule has 0 spiro atoms. The summed E-state index contributed by atoms with van der Waals surface area (Å²) in [6.45, 7) is 7.11.